The predicted molar refractivity (Wildman–Crippen MR) is 112 cm³/mol. The molecule has 1 aromatic heterocycles. The van der Waals surface area contributed by atoms with Crippen molar-refractivity contribution in [2.75, 3.05) is 6.16 Å². The Kier molecular flexibility index (Phi) is 8.70. The number of Topliss-reactive ketones (excluding diaryl/α,β-unsaturated/α-hetero) is 1. The van der Waals surface area contributed by atoms with E-state index in [1.807, 2.05) is 19.1 Å². The van der Waals surface area contributed by atoms with Crippen molar-refractivity contribution in [1.29, 1.82) is 0 Å². The molecule has 154 valence electrons. The zero-order valence-corrected chi connectivity index (χ0v) is 18.1. The Balaban J connectivity index is 1.73. The average molecular weight is 416 g/mol. The van der Waals surface area contributed by atoms with Crippen LogP contribution in [0.1, 0.15) is 85.7 Å². The Morgan fingerprint density at radius 1 is 1.26 bits per heavy atom. The molecule has 1 aromatic rings. The Bertz CT molecular complexity index is 646. The number of hydrogen-bond donors (Lipinski definition) is 3. The lowest BCUT2D eigenvalue weighted by Crippen LogP contribution is -2.37. The highest BCUT2D eigenvalue weighted by Gasteiger charge is 2.24. The second-order valence-corrected chi connectivity index (χ2v) is 11.3. The fourth-order valence-corrected chi connectivity index (χ4v) is 5.52. The quantitative estimate of drug-likeness (QED) is 0.352. The minimum absolute atomic E-state index is 0.185. The van der Waals surface area contributed by atoms with E-state index in [0.29, 0.717) is 12.8 Å². The highest BCUT2D eigenvalue weighted by molar-refractivity contribution is 7.51. The smallest absolute Gasteiger partial charge is 0.325 e. The van der Waals surface area contributed by atoms with Crippen LogP contribution in [0.3, 0.4) is 0 Å². The molecule has 0 aromatic carbocycles. The molecular formula is C20H34NO4PS. The van der Waals surface area contributed by atoms with Crippen molar-refractivity contribution in [2.45, 2.75) is 83.1 Å². The van der Waals surface area contributed by atoms with Crippen LogP contribution >= 0.6 is 18.9 Å². The Morgan fingerprint density at radius 2 is 1.96 bits per heavy atom. The van der Waals surface area contributed by atoms with E-state index in [2.05, 4.69) is 0 Å². The molecule has 0 spiro atoms. The minimum atomic E-state index is -4.01. The second-order valence-electron chi connectivity index (χ2n) is 8.38. The standard InChI is InChI=1S/C20H34NO4PS/c1-20(21,14-15-26(23,24)25)13-12-17-10-11-19(27-17)18(22)9-5-8-16-6-3-2-4-7-16/h10-11,16H,2-9,12-15,21H2,1H3,(H2,23,24,25). The molecule has 0 aliphatic heterocycles. The summed E-state index contributed by atoms with van der Waals surface area (Å²) in [6, 6.07) is 3.89. The summed E-state index contributed by atoms with van der Waals surface area (Å²) < 4.78 is 11.0. The van der Waals surface area contributed by atoms with E-state index >= 15 is 0 Å². The number of nitrogens with two attached hydrogens (primary N) is 1. The van der Waals surface area contributed by atoms with Gasteiger partial charge in [-0.1, -0.05) is 38.5 Å². The monoisotopic (exact) mass is 415 g/mol. The van der Waals surface area contributed by atoms with Crippen LogP contribution in [0.25, 0.3) is 0 Å². The molecule has 2 rings (SSSR count). The van der Waals surface area contributed by atoms with Gasteiger partial charge in [-0.25, -0.2) is 0 Å². The van der Waals surface area contributed by atoms with Crippen LogP contribution in [0.5, 0.6) is 0 Å². The van der Waals surface area contributed by atoms with Gasteiger partial charge in [-0.05, 0) is 50.7 Å². The van der Waals surface area contributed by atoms with Crippen LogP contribution in [-0.4, -0.2) is 27.3 Å². The molecule has 7 heteroatoms. The molecule has 1 aliphatic carbocycles. The molecule has 5 nitrogen and oxygen atoms in total. The summed E-state index contributed by atoms with van der Waals surface area (Å²) in [6.45, 7) is 1.83. The maximum absolute atomic E-state index is 12.4. The third kappa shape index (κ3) is 9.01. The van der Waals surface area contributed by atoms with E-state index < -0.39 is 13.1 Å². The van der Waals surface area contributed by atoms with E-state index in [4.69, 9.17) is 15.5 Å². The first-order chi connectivity index (χ1) is 12.6. The first kappa shape index (κ1) is 22.8. The van der Waals surface area contributed by atoms with Gasteiger partial charge in [0.25, 0.3) is 0 Å². The Morgan fingerprint density at radius 3 is 2.63 bits per heavy atom. The SMILES string of the molecule is CC(N)(CCc1ccc(C(=O)CCCC2CCCCC2)s1)CCP(=O)(O)O. The van der Waals surface area contributed by atoms with Crippen molar-refractivity contribution in [3.05, 3.63) is 21.9 Å². The van der Waals surface area contributed by atoms with Crippen molar-refractivity contribution in [3.63, 3.8) is 0 Å². The number of thiophene rings is 1. The summed E-state index contributed by atoms with van der Waals surface area (Å²) in [7, 11) is -4.01. The maximum Gasteiger partial charge on any atom is 0.325 e. The van der Waals surface area contributed by atoms with Gasteiger partial charge >= 0.3 is 7.60 Å². The third-order valence-corrected chi connectivity index (χ3v) is 7.59. The zero-order chi connectivity index (χ0) is 19.9. The largest absolute Gasteiger partial charge is 0.325 e. The summed E-state index contributed by atoms with van der Waals surface area (Å²) >= 11 is 1.53. The van der Waals surface area contributed by atoms with E-state index in [9.17, 15) is 9.36 Å². The molecule has 0 saturated heterocycles. The lowest BCUT2D eigenvalue weighted by Gasteiger charge is -2.24. The molecule has 1 aliphatic rings. The molecule has 1 atom stereocenters. The number of rotatable bonds is 11. The summed E-state index contributed by atoms with van der Waals surface area (Å²) in [6.07, 6.45) is 11.0. The summed E-state index contributed by atoms with van der Waals surface area (Å²) in [5.41, 5.74) is 5.55. The van der Waals surface area contributed by atoms with Gasteiger partial charge in [-0.15, -0.1) is 11.3 Å². The molecule has 27 heavy (non-hydrogen) atoms. The fraction of sp³-hybridized carbons (Fsp3) is 0.750. The van der Waals surface area contributed by atoms with Crippen molar-refractivity contribution in [3.8, 4) is 0 Å². The third-order valence-electron chi connectivity index (χ3n) is 5.59. The van der Waals surface area contributed by atoms with Crippen LogP contribution in [-0.2, 0) is 11.0 Å². The van der Waals surface area contributed by atoms with Crippen LogP contribution < -0.4 is 5.73 Å². The minimum Gasteiger partial charge on any atom is -0.325 e. The van der Waals surface area contributed by atoms with Gasteiger partial charge in [0.1, 0.15) is 0 Å². The molecule has 1 heterocycles. The predicted octanol–water partition coefficient (Wildman–Crippen LogP) is 4.90. The molecule has 1 fully saturated rings. The van der Waals surface area contributed by atoms with E-state index in [1.54, 1.807) is 0 Å². The molecule has 1 unspecified atom stereocenters. The fourth-order valence-electron chi connectivity index (χ4n) is 3.75. The van der Waals surface area contributed by atoms with Crippen molar-refractivity contribution in [2.24, 2.45) is 11.7 Å². The van der Waals surface area contributed by atoms with Gasteiger partial charge in [0.2, 0.25) is 0 Å². The topological polar surface area (TPSA) is 101 Å². The zero-order valence-electron chi connectivity index (χ0n) is 16.4. The van der Waals surface area contributed by atoms with E-state index in [-0.39, 0.29) is 18.4 Å². The van der Waals surface area contributed by atoms with Gasteiger partial charge in [0, 0.05) is 16.8 Å². The summed E-state index contributed by atoms with van der Waals surface area (Å²) in [5.74, 6) is 1.06. The molecule has 4 N–H and O–H groups in total. The summed E-state index contributed by atoms with van der Waals surface area (Å²) in [5, 5.41) is 0. The molecule has 1 saturated carbocycles. The second kappa shape index (κ2) is 10.3. The lowest BCUT2D eigenvalue weighted by atomic mass is 9.85. The molecule has 0 radical (unpaired) electrons. The number of carbonyl (C=O) groups excluding carboxylic acids is 1. The first-order valence-corrected chi connectivity index (χ1v) is 12.7. The molecular weight excluding hydrogens is 381 g/mol. The number of hydrogen-bond acceptors (Lipinski definition) is 4. The highest BCUT2D eigenvalue weighted by atomic mass is 32.1. The van der Waals surface area contributed by atoms with Crippen molar-refractivity contribution in [1.82, 2.24) is 0 Å². The van der Waals surface area contributed by atoms with Gasteiger partial charge in [-0.2, -0.15) is 0 Å². The number of carbonyl (C=O) groups is 1. The van der Waals surface area contributed by atoms with Crippen LogP contribution in [0.4, 0.5) is 0 Å². The van der Waals surface area contributed by atoms with E-state index in [1.165, 1.54) is 49.9 Å². The van der Waals surface area contributed by atoms with Gasteiger partial charge in [-0.3, -0.25) is 9.36 Å². The number of ketones is 1. The van der Waals surface area contributed by atoms with Gasteiger partial charge in [0.05, 0.1) is 11.0 Å². The van der Waals surface area contributed by atoms with Crippen LogP contribution in [0.2, 0.25) is 0 Å². The van der Waals surface area contributed by atoms with Crippen LogP contribution in [0, 0.1) is 5.92 Å². The maximum atomic E-state index is 12.4. The lowest BCUT2D eigenvalue weighted by molar-refractivity contribution is 0.0980. The van der Waals surface area contributed by atoms with E-state index in [0.717, 1.165) is 28.5 Å². The number of aryl methyl sites for hydroxylation is 1. The van der Waals surface area contributed by atoms with Gasteiger partial charge < -0.3 is 15.5 Å². The Labute approximate surface area is 166 Å². The van der Waals surface area contributed by atoms with Crippen LogP contribution in [0.15, 0.2) is 12.1 Å². The van der Waals surface area contributed by atoms with Crippen molar-refractivity contribution >= 4 is 24.7 Å². The molecule has 0 bridgehead atoms. The molecule has 0 amide bonds. The normalized spacial score (nSPS) is 18.4. The average Bonchev–Trinajstić information content (AvgIpc) is 3.08. The first-order valence-electron chi connectivity index (χ1n) is 10.1. The highest BCUT2D eigenvalue weighted by Crippen LogP contribution is 2.37. The van der Waals surface area contributed by atoms with Crippen molar-refractivity contribution < 1.29 is 19.1 Å². The van der Waals surface area contributed by atoms with Gasteiger partial charge in [0.15, 0.2) is 5.78 Å². The Hall–Kier alpha value is -0.520. The summed E-state index contributed by atoms with van der Waals surface area (Å²) in [4.78, 5) is 32.4.